The Morgan fingerprint density at radius 2 is 1.58 bits per heavy atom. The fraction of sp³-hybridized carbons (Fsp3) is 0. The van der Waals surface area contributed by atoms with E-state index in [2.05, 4.69) is 47.5 Å². The number of aromatic nitrogens is 1. The van der Waals surface area contributed by atoms with Crippen molar-refractivity contribution in [1.29, 1.82) is 0 Å². The number of halogens is 3. The monoisotopic (exact) mass is 592 g/mol. The molecular formula is C22H15Br2FN4O3S. The van der Waals surface area contributed by atoms with Crippen LogP contribution in [0.5, 0.6) is 0 Å². The number of hydrogen-bond acceptors (Lipinski definition) is 5. The third kappa shape index (κ3) is 5.49. The molecule has 0 spiro atoms. The van der Waals surface area contributed by atoms with Crippen LogP contribution in [-0.4, -0.2) is 19.4 Å². The molecule has 0 unspecified atom stereocenters. The van der Waals surface area contributed by atoms with E-state index < -0.39 is 21.9 Å². The van der Waals surface area contributed by atoms with Gasteiger partial charge in [0.25, 0.3) is 10.0 Å². The predicted octanol–water partition coefficient (Wildman–Crippen LogP) is 6.15. The van der Waals surface area contributed by atoms with Crippen molar-refractivity contribution in [2.45, 2.75) is 4.90 Å². The highest BCUT2D eigenvalue weighted by Gasteiger charge is 2.19. The van der Waals surface area contributed by atoms with E-state index in [0.717, 1.165) is 38.9 Å². The second-order valence-corrected chi connectivity index (χ2v) is 10.4. The highest BCUT2D eigenvalue weighted by atomic mass is 79.9. The molecule has 0 fully saturated rings. The summed E-state index contributed by atoms with van der Waals surface area (Å²) in [6.45, 7) is 0. The van der Waals surface area contributed by atoms with Gasteiger partial charge in [-0.15, -0.1) is 0 Å². The van der Waals surface area contributed by atoms with Crippen molar-refractivity contribution in [3.8, 4) is 0 Å². The first kappa shape index (κ1) is 23.1. The van der Waals surface area contributed by atoms with Gasteiger partial charge in [0.1, 0.15) is 5.82 Å². The zero-order valence-electron chi connectivity index (χ0n) is 16.6. The van der Waals surface area contributed by atoms with E-state index in [-0.39, 0.29) is 10.6 Å². The number of hydrogen-bond donors (Lipinski definition) is 3. The number of urea groups is 1. The molecule has 1 aromatic heterocycles. The van der Waals surface area contributed by atoms with E-state index in [1.807, 2.05) is 47.2 Å². The van der Waals surface area contributed by atoms with Crippen molar-refractivity contribution in [2.75, 3.05) is 10.6 Å². The Hall–Kier alpha value is -3.02. The highest BCUT2D eigenvalue weighted by molar-refractivity contribution is 9.10. The molecule has 0 saturated heterocycles. The van der Waals surface area contributed by atoms with Crippen molar-refractivity contribution in [2.24, 2.45) is 0 Å². The minimum Gasteiger partial charge on any atom is -0.353 e. The number of amides is 2. The first-order valence-corrected chi connectivity index (χ1v) is 12.5. The molecule has 33 heavy (non-hydrogen) atoms. The molecule has 7 nitrogen and oxygen atoms in total. The molecule has 0 atom stereocenters. The third-order valence-electron chi connectivity index (χ3n) is 4.54. The molecule has 0 saturated carbocycles. The summed E-state index contributed by atoms with van der Waals surface area (Å²) in [6, 6.07) is 16.0. The van der Waals surface area contributed by atoms with Crippen LogP contribution in [0.4, 0.5) is 26.2 Å². The molecule has 2 amide bonds. The van der Waals surface area contributed by atoms with Gasteiger partial charge in [0, 0.05) is 20.0 Å². The number of nitrogens with one attached hydrogen (secondary N) is 3. The van der Waals surface area contributed by atoms with Gasteiger partial charge < -0.3 is 10.6 Å². The van der Waals surface area contributed by atoms with Gasteiger partial charge in [-0.3, -0.25) is 4.98 Å². The normalized spacial score (nSPS) is 11.2. The standard InChI is InChI=1S/C22H15Br2FN4O3S/c23-13-1-6-16(7-2-13)27-21-18-11-14(24)3-10-19(18)26-12-20(21)28-22(30)29-33(31,32)17-8-4-15(25)5-9-17/h1-12H,(H,26,27)(H2,28,29,30). The first-order chi connectivity index (χ1) is 15.7. The zero-order chi connectivity index (χ0) is 23.6. The summed E-state index contributed by atoms with van der Waals surface area (Å²) in [5, 5.41) is 6.50. The van der Waals surface area contributed by atoms with Gasteiger partial charge in [-0.2, -0.15) is 0 Å². The maximum absolute atomic E-state index is 13.1. The first-order valence-electron chi connectivity index (χ1n) is 9.41. The number of anilines is 3. The maximum Gasteiger partial charge on any atom is 0.333 e. The van der Waals surface area contributed by atoms with Crippen molar-refractivity contribution < 1.29 is 17.6 Å². The fourth-order valence-corrected chi connectivity index (χ4v) is 4.55. The molecule has 1 heterocycles. The summed E-state index contributed by atoms with van der Waals surface area (Å²) in [7, 11) is -4.20. The van der Waals surface area contributed by atoms with Gasteiger partial charge in [0.2, 0.25) is 0 Å². The van der Waals surface area contributed by atoms with E-state index in [9.17, 15) is 17.6 Å². The van der Waals surface area contributed by atoms with Crippen molar-refractivity contribution >= 4 is 75.9 Å². The Balaban J connectivity index is 1.67. The predicted molar refractivity (Wildman–Crippen MR) is 133 cm³/mol. The minimum atomic E-state index is -4.20. The number of benzene rings is 3. The molecule has 3 aromatic carbocycles. The summed E-state index contributed by atoms with van der Waals surface area (Å²) < 4.78 is 41.7. The Labute approximate surface area is 205 Å². The van der Waals surface area contributed by atoms with Crippen LogP contribution in [0.2, 0.25) is 0 Å². The smallest absolute Gasteiger partial charge is 0.333 e. The van der Waals surface area contributed by atoms with Crippen LogP contribution < -0.4 is 15.4 Å². The molecular weight excluding hydrogens is 579 g/mol. The molecule has 0 aliphatic heterocycles. The Morgan fingerprint density at radius 3 is 2.27 bits per heavy atom. The van der Waals surface area contributed by atoms with Crippen LogP contribution in [0.25, 0.3) is 10.9 Å². The number of fused-ring (bicyclic) bond motifs is 1. The highest BCUT2D eigenvalue weighted by Crippen LogP contribution is 2.34. The lowest BCUT2D eigenvalue weighted by Crippen LogP contribution is -2.34. The lowest BCUT2D eigenvalue weighted by molar-refractivity contribution is 0.256. The average Bonchev–Trinajstić information content (AvgIpc) is 2.76. The van der Waals surface area contributed by atoms with Crippen molar-refractivity contribution in [1.82, 2.24) is 9.71 Å². The van der Waals surface area contributed by atoms with Crippen molar-refractivity contribution in [3.63, 3.8) is 0 Å². The van der Waals surface area contributed by atoms with Crippen LogP contribution >= 0.6 is 31.9 Å². The molecule has 0 aliphatic rings. The van der Waals surface area contributed by atoms with Gasteiger partial charge >= 0.3 is 6.03 Å². The quantitative estimate of drug-likeness (QED) is 0.258. The van der Waals surface area contributed by atoms with E-state index in [4.69, 9.17) is 0 Å². The average molecular weight is 594 g/mol. The summed E-state index contributed by atoms with van der Waals surface area (Å²) >= 11 is 6.83. The van der Waals surface area contributed by atoms with E-state index in [0.29, 0.717) is 16.6 Å². The van der Waals surface area contributed by atoms with Crippen LogP contribution in [0.1, 0.15) is 0 Å². The lowest BCUT2D eigenvalue weighted by Gasteiger charge is -2.16. The molecule has 4 aromatic rings. The summed E-state index contributed by atoms with van der Waals surface area (Å²) in [6.07, 6.45) is 1.43. The molecule has 0 bridgehead atoms. The van der Waals surface area contributed by atoms with Gasteiger partial charge in [-0.05, 0) is 66.7 Å². The Bertz CT molecular complexity index is 1450. The van der Waals surface area contributed by atoms with Gasteiger partial charge in [0.15, 0.2) is 0 Å². The number of rotatable bonds is 5. The van der Waals surface area contributed by atoms with Crippen molar-refractivity contribution in [3.05, 3.63) is 87.7 Å². The van der Waals surface area contributed by atoms with Gasteiger partial charge in [0.05, 0.1) is 28.0 Å². The van der Waals surface area contributed by atoms with Crippen LogP contribution in [0.15, 0.2) is 86.8 Å². The topological polar surface area (TPSA) is 100 Å². The molecule has 0 aliphatic carbocycles. The summed E-state index contributed by atoms with van der Waals surface area (Å²) in [5.74, 6) is -0.588. The summed E-state index contributed by atoms with van der Waals surface area (Å²) in [5.41, 5.74) is 2.20. The molecule has 3 N–H and O–H groups in total. The number of nitrogens with zero attached hydrogens (tertiary/aromatic N) is 1. The van der Waals surface area contributed by atoms with Gasteiger partial charge in [-0.25, -0.2) is 22.3 Å². The molecule has 0 radical (unpaired) electrons. The minimum absolute atomic E-state index is 0.243. The third-order valence-corrected chi connectivity index (χ3v) is 6.91. The number of carbonyl (C=O) groups excluding carboxylic acids is 1. The van der Waals surface area contributed by atoms with E-state index in [1.54, 1.807) is 0 Å². The Kier molecular flexibility index (Phi) is 6.63. The zero-order valence-corrected chi connectivity index (χ0v) is 20.6. The molecule has 11 heteroatoms. The SMILES string of the molecule is O=C(Nc1cnc2ccc(Br)cc2c1Nc1ccc(Br)cc1)NS(=O)(=O)c1ccc(F)cc1. The van der Waals surface area contributed by atoms with Crippen LogP contribution in [0, 0.1) is 5.82 Å². The number of pyridine rings is 1. The lowest BCUT2D eigenvalue weighted by atomic mass is 10.1. The van der Waals surface area contributed by atoms with Crippen LogP contribution in [-0.2, 0) is 10.0 Å². The Morgan fingerprint density at radius 1 is 0.909 bits per heavy atom. The number of sulfonamides is 1. The molecule has 4 rings (SSSR count). The van der Waals surface area contributed by atoms with E-state index in [1.165, 1.54) is 6.20 Å². The number of carbonyl (C=O) groups is 1. The summed E-state index contributed by atoms with van der Waals surface area (Å²) in [4.78, 5) is 16.7. The molecule has 168 valence electrons. The fourth-order valence-electron chi connectivity index (χ4n) is 3.01. The largest absolute Gasteiger partial charge is 0.353 e. The second-order valence-electron chi connectivity index (χ2n) is 6.85. The maximum atomic E-state index is 13.1. The van der Waals surface area contributed by atoms with E-state index >= 15 is 0 Å². The van der Waals surface area contributed by atoms with Gasteiger partial charge in [-0.1, -0.05) is 31.9 Å². The second kappa shape index (κ2) is 9.46. The van der Waals surface area contributed by atoms with Crippen LogP contribution in [0.3, 0.4) is 0 Å².